The minimum absolute atomic E-state index is 0.0893. The van der Waals surface area contributed by atoms with Gasteiger partial charge in [0.1, 0.15) is 11.3 Å². The largest absolute Gasteiger partial charge is 0.497 e. The average Bonchev–Trinajstić information content (AvgIpc) is 3.03. The molecule has 0 atom stereocenters. The highest BCUT2D eigenvalue weighted by Crippen LogP contribution is 2.25. The van der Waals surface area contributed by atoms with Crippen LogP contribution in [0.1, 0.15) is 5.56 Å². The van der Waals surface area contributed by atoms with Gasteiger partial charge in [-0.2, -0.15) is 0 Å². The van der Waals surface area contributed by atoms with Gasteiger partial charge in [-0.3, -0.25) is 4.79 Å². The van der Waals surface area contributed by atoms with Crippen molar-refractivity contribution in [3.8, 4) is 5.75 Å². The van der Waals surface area contributed by atoms with Gasteiger partial charge in [-0.1, -0.05) is 42.1 Å². The van der Waals surface area contributed by atoms with Crippen LogP contribution in [0.3, 0.4) is 0 Å². The first-order chi connectivity index (χ1) is 13.7. The molecule has 1 N–H and O–H groups in total. The molecule has 0 unspecified atom stereocenters. The van der Waals surface area contributed by atoms with Crippen molar-refractivity contribution in [2.24, 2.45) is 7.05 Å². The maximum atomic E-state index is 12.2. The second-order valence-electron chi connectivity index (χ2n) is 6.26. The van der Waals surface area contributed by atoms with Crippen molar-refractivity contribution in [3.63, 3.8) is 0 Å². The van der Waals surface area contributed by atoms with E-state index < -0.39 is 0 Å². The molecule has 2 aromatic heterocycles. The molecule has 0 aliphatic heterocycles. The molecule has 0 bridgehead atoms. The van der Waals surface area contributed by atoms with Crippen molar-refractivity contribution >= 4 is 39.7 Å². The first-order valence-corrected chi connectivity index (χ1v) is 9.74. The second kappa shape index (κ2) is 7.85. The molecule has 142 valence electrons. The number of hydrogen-bond acceptors (Lipinski definition) is 6. The summed E-state index contributed by atoms with van der Waals surface area (Å²) in [5.41, 5.74) is 3.56. The van der Waals surface area contributed by atoms with E-state index in [0.717, 1.165) is 33.4 Å². The number of rotatable bonds is 6. The summed E-state index contributed by atoms with van der Waals surface area (Å²) >= 11 is 1.27. The maximum absolute atomic E-state index is 12.2. The van der Waals surface area contributed by atoms with Crippen LogP contribution in [-0.4, -0.2) is 38.5 Å². The Morgan fingerprint density at radius 3 is 2.89 bits per heavy atom. The van der Waals surface area contributed by atoms with Crippen molar-refractivity contribution < 1.29 is 9.53 Å². The lowest BCUT2D eigenvalue weighted by atomic mass is 10.2. The number of hydrogen-bond donors (Lipinski definition) is 1. The van der Waals surface area contributed by atoms with Crippen LogP contribution in [-0.2, 0) is 18.4 Å². The van der Waals surface area contributed by atoms with Crippen molar-refractivity contribution in [1.82, 2.24) is 25.1 Å². The minimum atomic E-state index is -0.0893. The fourth-order valence-electron chi connectivity index (χ4n) is 3.02. The third-order valence-electron chi connectivity index (χ3n) is 4.44. The Morgan fingerprint density at radius 1 is 1.18 bits per heavy atom. The van der Waals surface area contributed by atoms with Gasteiger partial charge in [-0.15, -0.1) is 10.2 Å². The van der Waals surface area contributed by atoms with Gasteiger partial charge in [0.05, 0.1) is 18.4 Å². The lowest BCUT2D eigenvalue weighted by molar-refractivity contribution is -0.118. The van der Waals surface area contributed by atoms with Gasteiger partial charge in [0.25, 0.3) is 0 Å². The monoisotopic (exact) mass is 393 g/mol. The molecule has 2 heterocycles. The summed E-state index contributed by atoms with van der Waals surface area (Å²) in [6.45, 7) is 0.442. The topological polar surface area (TPSA) is 81.9 Å². The highest BCUT2D eigenvalue weighted by molar-refractivity contribution is 7.99. The third-order valence-corrected chi connectivity index (χ3v) is 5.28. The first-order valence-electron chi connectivity index (χ1n) is 8.76. The predicted molar refractivity (Wildman–Crippen MR) is 109 cm³/mol. The molecule has 0 aliphatic rings. The zero-order valence-corrected chi connectivity index (χ0v) is 16.4. The van der Waals surface area contributed by atoms with E-state index in [2.05, 4.69) is 20.5 Å². The van der Waals surface area contributed by atoms with E-state index in [4.69, 9.17) is 4.74 Å². The zero-order chi connectivity index (χ0) is 19.5. The molecule has 0 saturated heterocycles. The number of fused-ring (bicyclic) bond motifs is 3. The van der Waals surface area contributed by atoms with E-state index in [-0.39, 0.29) is 11.7 Å². The zero-order valence-electron chi connectivity index (χ0n) is 15.5. The summed E-state index contributed by atoms with van der Waals surface area (Å²) in [6, 6.07) is 15.6. The molecule has 0 fully saturated rings. The van der Waals surface area contributed by atoms with Gasteiger partial charge in [-0.25, -0.2) is 4.98 Å². The van der Waals surface area contributed by atoms with Crippen LogP contribution in [0.2, 0.25) is 0 Å². The van der Waals surface area contributed by atoms with Gasteiger partial charge in [-0.05, 0) is 23.8 Å². The summed E-state index contributed by atoms with van der Waals surface area (Å²) in [5, 5.41) is 12.9. The minimum Gasteiger partial charge on any atom is -0.497 e. The highest BCUT2D eigenvalue weighted by Gasteiger charge is 2.13. The van der Waals surface area contributed by atoms with E-state index in [1.165, 1.54) is 11.8 Å². The summed E-state index contributed by atoms with van der Waals surface area (Å²) in [7, 11) is 3.57. The number of methoxy groups -OCH3 is 1. The number of aromatic nitrogens is 4. The number of nitrogens with zero attached hydrogens (tertiary/aromatic N) is 4. The number of ether oxygens (including phenoxy) is 1. The van der Waals surface area contributed by atoms with Gasteiger partial charge in [0.15, 0.2) is 5.65 Å². The van der Waals surface area contributed by atoms with E-state index in [1.807, 2.05) is 60.1 Å². The highest BCUT2D eigenvalue weighted by atomic mass is 32.2. The number of para-hydroxylation sites is 1. The molecule has 0 radical (unpaired) electrons. The number of aryl methyl sites for hydroxylation is 1. The van der Waals surface area contributed by atoms with E-state index in [1.54, 1.807) is 7.11 Å². The van der Waals surface area contributed by atoms with Crippen molar-refractivity contribution in [3.05, 3.63) is 54.1 Å². The van der Waals surface area contributed by atoms with Gasteiger partial charge >= 0.3 is 0 Å². The molecule has 7 nitrogen and oxygen atoms in total. The lowest BCUT2D eigenvalue weighted by Crippen LogP contribution is -2.24. The van der Waals surface area contributed by atoms with Crippen LogP contribution in [0, 0.1) is 0 Å². The molecule has 28 heavy (non-hydrogen) atoms. The molecule has 8 heteroatoms. The molecule has 0 spiro atoms. The normalized spacial score (nSPS) is 11.1. The van der Waals surface area contributed by atoms with Crippen LogP contribution in [0.15, 0.2) is 53.7 Å². The Labute approximate surface area is 166 Å². The van der Waals surface area contributed by atoms with E-state index in [0.29, 0.717) is 11.7 Å². The van der Waals surface area contributed by atoms with Crippen LogP contribution in [0.5, 0.6) is 5.75 Å². The number of thioether (sulfide) groups is 1. The number of nitrogens with one attached hydrogen (secondary N) is 1. The third kappa shape index (κ3) is 3.63. The molecular weight excluding hydrogens is 374 g/mol. The van der Waals surface area contributed by atoms with Gasteiger partial charge < -0.3 is 14.6 Å². The van der Waals surface area contributed by atoms with E-state index in [9.17, 15) is 4.79 Å². The van der Waals surface area contributed by atoms with Crippen LogP contribution in [0.25, 0.3) is 22.1 Å². The first kappa shape index (κ1) is 18.2. The number of carbonyl (C=O) groups excluding carboxylic acids is 1. The van der Waals surface area contributed by atoms with Crippen molar-refractivity contribution in [1.29, 1.82) is 0 Å². The maximum Gasteiger partial charge on any atom is 0.230 e. The standard InChI is InChI=1S/C20H19N5O2S/c1-25-16-9-4-3-8-15(16)18-19(25)22-20(24-23-18)28-12-17(26)21-11-13-6-5-7-14(10-13)27-2/h3-10H,11-12H2,1-2H3,(H,21,26). The molecule has 0 saturated carbocycles. The molecular formula is C20H19N5O2S. The van der Waals surface area contributed by atoms with Crippen LogP contribution in [0.4, 0.5) is 0 Å². The van der Waals surface area contributed by atoms with Crippen LogP contribution >= 0.6 is 11.8 Å². The van der Waals surface area contributed by atoms with Crippen LogP contribution < -0.4 is 10.1 Å². The molecule has 4 rings (SSSR count). The molecule has 0 aliphatic carbocycles. The Hall–Kier alpha value is -3.13. The fourth-order valence-corrected chi connectivity index (χ4v) is 3.63. The summed E-state index contributed by atoms with van der Waals surface area (Å²) in [5.74, 6) is 0.901. The van der Waals surface area contributed by atoms with Gasteiger partial charge in [0, 0.05) is 19.0 Å². The Balaban J connectivity index is 1.41. The van der Waals surface area contributed by atoms with Crippen molar-refractivity contribution in [2.75, 3.05) is 12.9 Å². The quantitative estimate of drug-likeness (QED) is 0.507. The smallest absolute Gasteiger partial charge is 0.230 e. The van der Waals surface area contributed by atoms with Crippen molar-refractivity contribution in [2.45, 2.75) is 11.7 Å². The molecule has 2 aromatic carbocycles. The predicted octanol–water partition coefficient (Wildman–Crippen LogP) is 2.93. The molecule has 1 amide bonds. The number of benzene rings is 2. The summed E-state index contributed by atoms with van der Waals surface area (Å²) < 4.78 is 7.18. The fraction of sp³-hybridized carbons (Fsp3) is 0.200. The number of amides is 1. The summed E-state index contributed by atoms with van der Waals surface area (Å²) in [6.07, 6.45) is 0. The second-order valence-corrected chi connectivity index (χ2v) is 7.20. The lowest BCUT2D eigenvalue weighted by Gasteiger charge is -2.06. The Kier molecular flexibility index (Phi) is 5.12. The average molecular weight is 393 g/mol. The van der Waals surface area contributed by atoms with E-state index >= 15 is 0 Å². The Bertz CT molecular complexity index is 1160. The molecule has 4 aromatic rings. The number of carbonyl (C=O) groups is 1. The SMILES string of the molecule is COc1cccc(CNC(=O)CSc2nnc3c4ccccc4n(C)c3n2)c1. The van der Waals surface area contributed by atoms with Gasteiger partial charge in [0.2, 0.25) is 11.1 Å². The summed E-state index contributed by atoms with van der Waals surface area (Å²) in [4.78, 5) is 16.8. The Morgan fingerprint density at radius 2 is 2.04 bits per heavy atom.